The van der Waals surface area contributed by atoms with E-state index in [0.717, 1.165) is 49.1 Å². The van der Waals surface area contributed by atoms with Gasteiger partial charge in [-0.25, -0.2) is 8.42 Å². The van der Waals surface area contributed by atoms with Crippen molar-refractivity contribution in [2.24, 2.45) is 57.2 Å². The lowest BCUT2D eigenvalue weighted by molar-refractivity contribution is -0.244. The number of aliphatic hydroxyl groups is 1. The number of aliphatic hydroxyl groups excluding tert-OH is 1. The van der Waals surface area contributed by atoms with Crippen LogP contribution in [0.5, 0.6) is 0 Å². The molecule has 6 heteroatoms. The summed E-state index contributed by atoms with van der Waals surface area (Å²) in [6.07, 6.45) is 12.7. The lowest BCUT2D eigenvalue weighted by Crippen LogP contribution is -2.69. The molecule has 41 heavy (non-hydrogen) atoms. The van der Waals surface area contributed by atoms with Gasteiger partial charge in [-0.3, -0.25) is 0 Å². The Bertz CT molecular complexity index is 1090. The van der Waals surface area contributed by atoms with Crippen LogP contribution < -0.4 is 5.32 Å². The lowest BCUT2D eigenvalue weighted by Gasteiger charge is -2.73. The molecule has 5 aliphatic carbocycles. The maximum absolute atomic E-state index is 11.9. The molecule has 10 atom stereocenters. The van der Waals surface area contributed by atoms with Crippen molar-refractivity contribution in [1.29, 1.82) is 0 Å². The van der Waals surface area contributed by atoms with Crippen LogP contribution in [0.4, 0.5) is 0 Å². The Labute approximate surface area is 252 Å². The minimum absolute atomic E-state index is 0.0183. The number of hydrogen-bond donors (Lipinski definition) is 2. The molecule has 6 fully saturated rings. The first-order valence-electron chi connectivity index (χ1n) is 17.5. The highest BCUT2D eigenvalue weighted by atomic mass is 32.2. The average molecular weight is 591 g/mol. The van der Waals surface area contributed by atoms with Gasteiger partial charge in [0.15, 0.2) is 9.84 Å². The fourth-order valence-electron chi connectivity index (χ4n) is 13.1. The Kier molecular flexibility index (Phi) is 7.65. The van der Waals surface area contributed by atoms with Crippen LogP contribution in [0.3, 0.4) is 0 Å². The molecular weight excluding hydrogens is 528 g/mol. The van der Waals surface area contributed by atoms with Crippen molar-refractivity contribution in [3.05, 3.63) is 0 Å². The van der Waals surface area contributed by atoms with Crippen LogP contribution in [0.1, 0.15) is 113 Å². The summed E-state index contributed by atoms with van der Waals surface area (Å²) in [7, 11) is -2.83. The number of nitrogens with zero attached hydrogens (tertiary/aromatic N) is 1. The highest BCUT2D eigenvalue weighted by molar-refractivity contribution is 7.91. The second kappa shape index (κ2) is 10.2. The summed E-state index contributed by atoms with van der Waals surface area (Å²) in [4.78, 5) is 2.37. The zero-order chi connectivity index (χ0) is 29.6. The van der Waals surface area contributed by atoms with Gasteiger partial charge in [-0.1, -0.05) is 48.5 Å². The third-order valence-electron chi connectivity index (χ3n) is 15.7. The molecule has 0 bridgehead atoms. The van der Waals surface area contributed by atoms with Crippen LogP contribution in [0.2, 0.25) is 0 Å². The van der Waals surface area contributed by atoms with Crippen LogP contribution in [0, 0.1) is 57.2 Å². The Hall–Kier alpha value is -0.170. The van der Waals surface area contributed by atoms with Gasteiger partial charge in [0.1, 0.15) is 0 Å². The van der Waals surface area contributed by atoms with Crippen LogP contribution in [0.25, 0.3) is 0 Å². The number of fused-ring (bicyclic) bond motifs is 7. The fraction of sp³-hybridized carbons (Fsp3) is 1.00. The molecule has 6 rings (SSSR count). The molecule has 2 N–H and O–H groups in total. The fourth-order valence-corrected chi connectivity index (χ4v) is 14.4. The van der Waals surface area contributed by atoms with Gasteiger partial charge >= 0.3 is 0 Å². The first-order valence-corrected chi connectivity index (χ1v) is 19.3. The van der Waals surface area contributed by atoms with Gasteiger partial charge in [0.25, 0.3) is 0 Å². The first kappa shape index (κ1) is 30.8. The van der Waals surface area contributed by atoms with Crippen LogP contribution >= 0.6 is 0 Å². The lowest BCUT2D eigenvalue weighted by atomic mass is 9.32. The third kappa shape index (κ3) is 4.56. The summed E-state index contributed by atoms with van der Waals surface area (Å²) < 4.78 is 23.9. The number of rotatable bonds is 5. The number of sulfone groups is 1. The van der Waals surface area contributed by atoms with Crippen molar-refractivity contribution in [3.8, 4) is 0 Å². The van der Waals surface area contributed by atoms with Crippen molar-refractivity contribution in [3.63, 3.8) is 0 Å². The Morgan fingerprint density at radius 1 is 0.829 bits per heavy atom. The monoisotopic (exact) mass is 590 g/mol. The highest BCUT2D eigenvalue weighted by Gasteiger charge is 2.70. The zero-order valence-electron chi connectivity index (χ0n) is 27.5. The second-order valence-electron chi connectivity index (χ2n) is 17.6. The van der Waals surface area contributed by atoms with Crippen LogP contribution in [0.15, 0.2) is 0 Å². The summed E-state index contributed by atoms with van der Waals surface area (Å²) in [5.41, 5.74) is 1.35. The number of nitrogens with one attached hydrogen (secondary N) is 1. The molecule has 1 heterocycles. The van der Waals surface area contributed by atoms with Gasteiger partial charge in [0.2, 0.25) is 0 Å². The van der Waals surface area contributed by atoms with Crippen LogP contribution in [-0.4, -0.2) is 67.8 Å². The molecule has 0 amide bonds. The molecule has 236 valence electrons. The second-order valence-corrected chi connectivity index (χ2v) is 19.9. The van der Waals surface area contributed by atoms with E-state index in [1.165, 1.54) is 57.8 Å². The van der Waals surface area contributed by atoms with Gasteiger partial charge in [-0.2, -0.15) is 0 Å². The molecule has 1 aliphatic heterocycles. The van der Waals surface area contributed by atoms with E-state index < -0.39 is 9.84 Å². The molecule has 0 aromatic heterocycles. The molecule has 0 spiro atoms. The van der Waals surface area contributed by atoms with E-state index >= 15 is 0 Å². The normalized spacial score (nSPS) is 51.0. The predicted molar refractivity (Wildman–Crippen MR) is 168 cm³/mol. The molecule has 0 unspecified atom stereocenters. The largest absolute Gasteiger partial charge is 0.393 e. The minimum Gasteiger partial charge on any atom is -0.393 e. The van der Waals surface area contributed by atoms with E-state index in [1.54, 1.807) is 0 Å². The Morgan fingerprint density at radius 3 is 2.22 bits per heavy atom. The van der Waals surface area contributed by atoms with Crippen molar-refractivity contribution in [1.82, 2.24) is 10.2 Å². The molecule has 5 nitrogen and oxygen atoms in total. The standard InChI is InChI=1S/C35H62N2O3S/c1-24(2)25-10-15-35(36-18-19-37-20-22-41(39,40)23-21-37)17-16-33(6)26(30(25)35)8-9-28-32(5)13-12-29(38)31(3,4)27(32)11-14-34(28,33)7/h24-30,36,38H,8-23H2,1-7H3/t25-,26+,27-,28+,29-,30+,32-,33+,34+,35-/m0/s1. The van der Waals surface area contributed by atoms with Gasteiger partial charge in [-0.05, 0) is 121 Å². The third-order valence-corrected chi connectivity index (χ3v) is 17.3. The van der Waals surface area contributed by atoms with Gasteiger partial charge < -0.3 is 15.3 Å². The minimum atomic E-state index is -2.83. The summed E-state index contributed by atoms with van der Waals surface area (Å²) in [6.45, 7) is 21.2. The quantitative estimate of drug-likeness (QED) is 0.402. The molecule has 5 saturated carbocycles. The van der Waals surface area contributed by atoms with E-state index in [2.05, 4.69) is 58.7 Å². The average Bonchev–Trinajstić information content (AvgIpc) is 3.28. The highest BCUT2D eigenvalue weighted by Crippen LogP contribution is 2.76. The van der Waals surface area contributed by atoms with Crippen LogP contribution in [-0.2, 0) is 9.84 Å². The zero-order valence-corrected chi connectivity index (χ0v) is 28.3. The van der Waals surface area contributed by atoms with E-state index in [1.807, 2.05) is 0 Å². The van der Waals surface area contributed by atoms with E-state index in [0.29, 0.717) is 46.8 Å². The van der Waals surface area contributed by atoms with Crippen molar-refractivity contribution < 1.29 is 13.5 Å². The summed E-state index contributed by atoms with van der Waals surface area (Å²) >= 11 is 0. The number of hydrogen-bond acceptors (Lipinski definition) is 5. The van der Waals surface area contributed by atoms with Crippen molar-refractivity contribution in [2.45, 2.75) is 124 Å². The van der Waals surface area contributed by atoms with Gasteiger partial charge in [-0.15, -0.1) is 0 Å². The first-order chi connectivity index (χ1) is 19.1. The van der Waals surface area contributed by atoms with E-state index in [-0.39, 0.29) is 17.1 Å². The predicted octanol–water partition coefficient (Wildman–Crippen LogP) is 6.16. The van der Waals surface area contributed by atoms with E-state index in [4.69, 9.17) is 0 Å². The van der Waals surface area contributed by atoms with Crippen molar-refractivity contribution in [2.75, 3.05) is 37.7 Å². The summed E-state index contributed by atoms with van der Waals surface area (Å²) in [6, 6.07) is 0. The molecule has 0 aromatic rings. The SMILES string of the molecule is CC(C)[C@@H]1CC[C@]2(NCCN3CCS(=O)(=O)CC3)CC[C@]3(C)[C@H](CC[C@@H]4[C@@]5(C)CC[C@H](O)C(C)(C)[C@@H]5CC[C@]43C)[C@@H]12. The molecular formula is C35H62N2O3S. The van der Waals surface area contributed by atoms with Gasteiger partial charge in [0, 0.05) is 31.7 Å². The Morgan fingerprint density at radius 2 is 1.54 bits per heavy atom. The maximum Gasteiger partial charge on any atom is 0.152 e. The molecule has 6 aliphatic rings. The topological polar surface area (TPSA) is 69.6 Å². The maximum atomic E-state index is 11.9. The van der Waals surface area contributed by atoms with E-state index in [9.17, 15) is 13.5 Å². The molecule has 0 aromatic carbocycles. The summed E-state index contributed by atoms with van der Waals surface area (Å²) in [5, 5.41) is 15.3. The van der Waals surface area contributed by atoms with Crippen molar-refractivity contribution >= 4 is 9.84 Å². The molecule has 0 radical (unpaired) electrons. The van der Waals surface area contributed by atoms with Gasteiger partial charge in [0.05, 0.1) is 17.6 Å². The smallest absolute Gasteiger partial charge is 0.152 e. The summed E-state index contributed by atoms with van der Waals surface area (Å²) in [5.74, 6) is 5.08. The molecule has 1 saturated heterocycles. The Balaban J connectivity index is 1.25.